The van der Waals surface area contributed by atoms with Crippen LogP contribution in [-0.2, 0) is 9.53 Å². The Bertz CT molecular complexity index is 763. The molecule has 0 saturated carbocycles. The molecule has 0 aliphatic rings. The Balaban J connectivity index is 1.85. The van der Waals surface area contributed by atoms with E-state index < -0.39 is 0 Å². The second kappa shape index (κ2) is 9.68. The molecule has 2 aromatic rings. The number of ether oxygens (including phenoxy) is 2. The molecule has 138 valence electrons. The van der Waals surface area contributed by atoms with Crippen LogP contribution < -0.4 is 15.4 Å². The number of methoxy groups -OCH3 is 1. The van der Waals surface area contributed by atoms with Crippen LogP contribution in [0.15, 0.2) is 42.5 Å². The van der Waals surface area contributed by atoms with Crippen molar-refractivity contribution in [3.05, 3.63) is 53.1 Å². The Kier molecular flexibility index (Phi) is 7.29. The number of hydrogen-bond donors (Lipinski definition) is 2. The van der Waals surface area contributed by atoms with Crippen LogP contribution in [0.3, 0.4) is 0 Å². The SMILES string of the molecule is CCCOC(=O)c1ccc(NC(=O)CNc2ccc(OC)c(Cl)c2)cc1. The van der Waals surface area contributed by atoms with Crippen molar-refractivity contribution in [2.24, 2.45) is 0 Å². The monoisotopic (exact) mass is 376 g/mol. The van der Waals surface area contributed by atoms with E-state index in [1.165, 1.54) is 7.11 Å². The molecule has 0 spiro atoms. The van der Waals surface area contributed by atoms with E-state index in [2.05, 4.69) is 10.6 Å². The van der Waals surface area contributed by atoms with Gasteiger partial charge in [0.25, 0.3) is 0 Å². The van der Waals surface area contributed by atoms with Crippen LogP contribution in [0.2, 0.25) is 5.02 Å². The van der Waals surface area contributed by atoms with Crippen molar-refractivity contribution in [3.8, 4) is 5.75 Å². The normalized spacial score (nSPS) is 10.1. The Morgan fingerprint density at radius 1 is 1.08 bits per heavy atom. The van der Waals surface area contributed by atoms with E-state index in [1.807, 2.05) is 6.92 Å². The summed E-state index contributed by atoms with van der Waals surface area (Å²) in [4.78, 5) is 23.8. The predicted molar refractivity (Wildman–Crippen MR) is 102 cm³/mol. The van der Waals surface area contributed by atoms with Gasteiger partial charge in [0.15, 0.2) is 0 Å². The third-order valence-electron chi connectivity index (χ3n) is 3.45. The Morgan fingerprint density at radius 2 is 1.77 bits per heavy atom. The zero-order valence-electron chi connectivity index (χ0n) is 14.7. The molecule has 0 aliphatic carbocycles. The number of esters is 1. The number of benzene rings is 2. The molecular formula is C19H21ClN2O4. The van der Waals surface area contributed by atoms with Gasteiger partial charge in [0, 0.05) is 11.4 Å². The van der Waals surface area contributed by atoms with Crippen molar-refractivity contribution in [2.45, 2.75) is 13.3 Å². The smallest absolute Gasteiger partial charge is 0.338 e. The number of halogens is 1. The predicted octanol–water partition coefficient (Wildman–Crippen LogP) is 3.97. The summed E-state index contributed by atoms with van der Waals surface area (Å²) in [5.74, 6) is -0.0275. The lowest BCUT2D eigenvalue weighted by Crippen LogP contribution is -2.21. The van der Waals surface area contributed by atoms with Gasteiger partial charge < -0.3 is 20.1 Å². The highest BCUT2D eigenvalue weighted by Gasteiger charge is 2.08. The highest BCUT2D eigenvalue weighted by molar-refractivity contribution is 6.32. The maximum atomic E-state index is 12.0. The minimum Gasteiger partial charge on any atom is -0.495 e. The average molecular weight is 377 g/mol. The summed E-state index contributed by atoms with van der Waals surface area (Å²) in [6, 6.07) is 11.7. The van der Waals surface area contributed by atoms with Crippen molar-refractivity contribution in [2.75, 3.05) is 30.9 Å². The molecular weight excluding hydrogens is 356 g/mol. The summed E-state index contributed by atoms with van der Waals surface area (Å²) in [5, 5.41) is 6.19. The van der Waals surface area contributed by atoms with Crippen molar-refractivity contribution < 1.29 is 19.1 Å². The van der Waals surface area contributed by atoms with Gasteiger partial charge in [-0.3, -0.25) is 4.79 Å². The van der Waals surface area contributed by atoms with Gasteiger partial charge >= 0.3 is 5.97 Å². The van der Waals surface area contributed by atoms with E-state index in [0.717, 1.165) is 6.42 Å². The summed E-state index contributed by atoms with van der Waals surface area (Å²) >= 11 is 6.04. The van der Waals surface area contributed by atoms with E-state index in [0.29, 0.717) is 34.3 Å². The molecule has 0 heterocycles. The summed E-state index contributed by atoms with van der Waals surface area (Å²) in [7, 11) is 1.54. The molecule has 0 radical (unpaired) electrons. The van der Waals surface area contributed by atoms with E-state index in [1.54, 1.807) is 42.5 Å². The van der Waals surface area contributed by atoms with Crippen LogP contribution in [0.5, 0.6) is 5.75 Å². The minimum atomic E-state index is -0.372. The molecule has 26 heavy (non-hydrogen) atoms. The van der Waals surface area contributed by atoms with Gasteiger partial charge in [0.1, 0.15) is 5.75 Å². The second-order valence-electron chi connectivity index (χ2n) is 5.46. The topological polar surface area (TPSA) is 76.7 Å². The number of rotatable bonds is 8. The van der Waals surface area contributed by atoms with Gasteiger partial charge in [-0.25, -0.2) is 4.79 Å². The summed E-state index contributed by atoms with van der Waals surface area (Å²) < 4.78 is 10.1. The summed E-state index contributed by atoms with van der Waals surface area (Å²) in [5.41, 5.74) is 1.75. The number of carbonyl (C=O) groups excluding carboxylic acids is 2. The van der Waals surface area contributed by atoms with Crippen LogP contribution in [0.4, 0.5) is 11.4 Å². The third-order valence-corrected chi connectivity index (χ3v) is 3.74. The zero-order valence-corrected chi connectivity index (χ0v) is 15.4. The largest absolute Gasteiger partial charge is 0.495 e. The number of carbonyl (C=O) groups is 2. The van der Waals surface area contributed by atoms with Gasteiger partial charge in [0.05, 0.1) is 30.8 Å². The maximum absolute atomic E-state index is 12.0. The molecule has 0 atom stereocenters. The lowest BCUT2D eigenvalue weighted by molar-refractivity contribution is -0.114. The van der Waals surface area contributed by atoms with Gasteiger partial charge in [-0.2, -0.15) is 0 Å². The highest BCUT2D eigenvalue weighted by Crippen LogP contribution is 2.27. The molecule has 0 fully saturated rings. The molecule has 1 amide bonds. The van der Waals surface area contributed by atoms with Gasteiger partial charge in [-0.1, -0.05) is 18.5 Å². The Labute approximate surface area is 157 Å². The van der Waals surface area contributed by atoms with Crippen LogP contribution in [0.1, 0.15) is 23.7 Å². The number of hydrogen-bond acceptors (Lipinski definition) is 5. The fourth-order valence-corrected chi connectivity index (χ4v) is 2.39. The maximum Gasteiger partial charge on any atom is 0.338 e. The van der Waals surface area contributed by atoms with E-state index in [4.69, 9.17) is 21.1 Å². The fourth-order valence-electron chi connectivity index (χ4n) is 2.13. The van der Waals surface area contributed by atoms with E-state index >= 15 is 0 Å². The van der Waals surface area contributed by atoms with E-state index in [-0.39, 0.29) is 18.4 Å². The first-order chi connectivity index (χ1) is 12.5. The lowest BCUT2D eigenvalue weighted by Gasteiger charge is -2.10. The number of amides is 1. The van der Waals surface area contributed by atoms with Gasteiger partial charge in [-0.05, 0) is 48.9 Å². The quantitative estimate of drug-likeness (QED) is 0.682. The summed E-state index contributed by atoms with van der Waals surface area (Å²) in [6.45, 7) is 2.39. The second-order valence-corrected chi connectivity index (χ2v) is 5.87. The van der Waals surface area contributed by atoms with Crippen LogP contribution in [-0.4, -0.2) is 32.1 Å². The standard InChI is InChI=1S/C19H21ClN2O4/c1-3-10-26-19(24)13-4-6-14(7-5-13)22-18(23)12-21-15-8-9-17(25-2)16(20)11-15/h4-9,11,21H,3,10,12H2,1-2H3,(H,22,23). The average Bonchev–Trinajstić information content (AvgIpc) is 2.65. The number of nitrogens with one attached hydrogen (secondary N) is 2. The molecule has 0 aliphatic heterocycles. The first-order valence-electron chi connectivity index (χ1n) is 8.18. The molecule has 0 saturated heterocycles. The van der Waals surface area contributed by atoms with Crippen molar-refractivity contribution in [1.29, 1.82) is 0 Å². The first-order valence-corrected chi connectivity index (χ1v) is 8.55. The van der Waals surface area contributed by atoms with Crippen LogP contribution in [0, 0.1) is 0 Å². The third kappa shape index (κ3) is 5.67. The van der Waals surface area contributed by atoms with Crippen molar-refractivity contribution >= 4 is 34.9 Å². The van der Waals surface area contributed by atoms with E-state index in [9.17, 15) is 9.59 Å². The molecule has 2 rings (SSSR count). The minimum absolute atomic E-state index is 0.0724. The van der Waals surface area contributed by atoms with Gasteiger partial charge in [-0.15, -0.1) is 0 Å². The molecule has 2 aromatic carbocycles. The summed E-state index contributed by atoms with van der Waals surface area (Å²) in [6.07, 6.45) is 0.770. The molecule has 6 nitrogen and oxygen atoms in total. The molecule has 0 bridgehead atoms. The molecule has 2 N–H and O–H groups in total. The van der Waals surface area contributed by atoms with Crippen molar-refractivity contribution in [1.82, 2.24) is 0 Å². The van der Waals surface area contributed by atoms with Crippen molar-refractivity contribution in [3.63, 3.8) is 0 Å². The Morgan fingerprint density at radius 3 is 2.38 bits per heavy atom. The lowest BCUT2D eigenvalue weighted by atomic mass is 10.2. The molecule has 0 aromatic heterocycles. The highest BCUT2D eigenvalue weighted by atomic mass is 35.5. The fraction of sp³-hybridized carbons (Fsp3) is 0.263. The van der Waals surface area contributed by atoms with Crippen LogP contribution >= 0.6 is 11.6 Å². The zero-order chi connectivity index (χ0) is 18.9. The number of anilines is 2. The molecule has 7 heteroatoms. The first kappa shape index (κ1) is 19.6. The van der Waals surface area contributed by atoms with Crippen LogP contribution in [0.25, 0.3) is 0 Å². The Hall–Kier alpha value is -2.73. The van der Waals surface area contributed by atoms with Gasteiger partial charge in [0.2, 0.25) is 5.91 Å². The molecule has 0 unspecified atom stereocenters.